The van der Waals surface area contributed by atoms with Crippen LogP contribution in [0.5, 0.6) is 5.75 Å². The molecule has 0 radical (unpaired) electrons. The van der Waals surface area contributed by atoms with Crippen LogP contribution in [0, 0.1) is 29.9 Å². The van der Waals surface area contributed by atoms with E-state index in [0.717, 1.165) is 17.8 Å². The molecule has 3 atom stereocenters. The summed E-state index contributed by atoms with van der Waals surface area (Å²) in [4.78, 5) is 29.5. The SMILES string of the molecule is C#CCOc1cnc2c(Cc3cc(F)c(F)c([C@@]4(C)N=C(N)S[C@@]5(C(N)=O)C[C@H]54)c3)ncnc2c1. The molecule has 4 N–H and O–H groups in total. The minimum Gasteiger partial charge on any atom is -0.479 e. The predicted molar refractivity (Wildman–Crippen MR) is 127 cm³/mol. The highest BCUT2D eigenvalue weighted by Gasteiger charge is 2.70. The van der Waals surface area contributed by atoms with Gasteiger partial charge in [0.05, 0.1) is 22.9 Å². The van der Waals surface area contributed by atoms with E-state index in [1.165, 1.54) is 18.6 Å². The standard InChI is InChI=1S/C24H20F2N6O2S/c1-3-4-34-13-8-17-20(29-10-13)16(30-11-31-17)7-12-5-14(19(26)15(25)6-12)23(2)18-9-24(18,21(27)33)35-22(28)32-23/h1,5-6,8,10-11,18H,4,7,9H2,2H3,(H2,27,33)(H2,28,32)/t18-,23+,24-/m0/s1. The van der Waals surface area contributed by atoms with E-state index in [1.54, 1.807) is 13.0 Å². The Labute approximate surface area is 203 Å². The first-order chi connectivity index (χ1) is 16.7. The average molecular weight is 495 g/mol. The number of hydrogen-bond acceptors (Lipinski definition) is 8. The van der Waals surface area contributed by atoms with Gasteiger partial charge in [-0.2, -0.15) is 0 Å². The third-order valence-corrected chi connectivity index (χ3v) is 7.81. The molecule has 11 heteroatoms. The zero-order valence-corrected chi connectivity index (χ0v) is 19.4. The number of halogens is 2. The molecule has 0 bridgehead atoms. The summed E-state index contributed by atoms with van der Waals surface area (Å²) >= 11 is 1.08. The number of fused-ring (bicyclic) bond motifs is 2. The minimum absolute atomic E-state index is 0.0140. The van der Waals surface area contributed by atoms with Crippen LogP contribution in [0.15, 0.2) is 35.7 Å². The maximum Gasteiger partial charge on any atom is 0.234 e. The van der Waals surface area contributed by atoms with Crippen molar-refractivity contribution < 1.29 is 18.3 Å². The summed E-state index contributed by atoms with van der Waals surface area (Å²) in [6, 6.07) is 4.32. The van der Waals surface area contributed by atoms with Gasteiger partial charge in [-0.1, -0.05) is 17.7 Å². The maximum absolute atomic E-state index is 15.1. The molecule has 3 heterocycles. The van der Waals surface area contributed by atoms with Gasteiger partial charge >= 0.3 is 0 Å². The first kappa shape index (κ1) is 23.0. The van der Waals surface area contributed by atoms with E-state index in [-0.39, 0.29) is 23.8 Å². The van der Waals surface area contributed by atoms with Crippen molar-refractivity contribution in [2.75, 3.05) is 6.61 Å². The van der Waals surface area contributed by atoms with Crippen LogP contribution < -0.4 is 16.2 Å². The molecule has 0 saturated heterocycles. The van der Waals surface area contributed by atoms with Gasteiger partial charge < -0.3 is 16.2 Å². The van der Waals surface area contributed by atoms with Crippen LogP contribution in [0.2, 0.25) is 0 Å². The van der Waals surface area contributed by atoms with Gasteiger partial charge in [-0.25, -0.2) is 23.7 Å². The van der Waals surface area contributed by atoms with Gasteiger partial charge in [-0.05, 0) is 31.0 Å². The van der Waals surface area contributed by atoms with E-state index < -0.39 is 33.7 Å². The monoisotopic (exact) mass is 494 g/mol. The van der Waals surface area contributed by atoms with E-state index in [9.17, 15) is 9.18 Å². The number of amides is 1. The predicted octanol–water partition coefficient (Wildman–Crippen LogP) is 2.43. The van der Waals surface area contributed by atoms with Crippen LogP contribution in [0.3, 0.4) is 0 Å². The number of hydrogen-bond donors (Lipinski definition) is 2. The van der Waals surface area contributed by atoms with Crippen LogP contribution in [0.1, 0.15) is 30.2 Å². The van der Waals surface area contributed by atoms with E-state index in [1.807, 2.05) is 0 Å². The number of nitrogens with two attached hydrogens (primary N) is 2. The van der Waals surface area contributed by atoms with Crippen molar-refractivity contribution in [2.24, 2.45) is 22.4 Å². The van der Waals surface area contributed by atoms with E-state index >= 15 is 4.39 Å². The number of primary amides is 1. The molecule has 0 unspecified atom stereocenters. The van der Waals surface area contributed by atoms with Gasteiger partial charge in [0, 0.05) is 24.0 Å². The molecule has 0 spiro atoms. The zero-order chi connectivity index (χ0) is 25.0. The Kier molecular flexibility index (Phi) is 5.36. The summed E-state index contributed by atoms with van der Waals surface area (Å²) in [6.07, 6.45) is 8.61. The first-order valence-corrected chi connectivity index (χ1v) is 11.5. The second-order valence-corrected chi connectivity index (χ2v) is 10.0. The van der Waals surface area contributed by atoms with Crippen LogP contribution in [0.4, 0.5) is 8.78 Å². The van der Waals surface area contributed by atoms with Crippen molar-refractivity contribution in [1.29, 1.82) is 0 Å². The minimum atomic E-state index is -1.25. The first-order valence-electron chi connectivity index (χ1n) is 10.7. The number of aromatic nitrogens is 3. The Bertz CT molecular complexity index is 1460. The molecule has 35 heavy (non-hydrogen) atoms. The Balaban J connectivity index is 1.54. The van der Waals surface area contributed by atoms with Gasteiger partial charge in [-0.15, -0.1) is 6.42 Å². The van der Waals surface area contributed by atoms with Crippen molar-refractivity contribution in [3.8, 4) is 18.1 Å². The maximum atomic E-state index is 15.1. The Morgan fingerprint density at radius 1 is 1.31 bits per heavy atom. The number of rotatable bonds is 6. The number of carbonyl (C=O) groups excluding carboxylic acids is 1. The molecule has 178 valence electrons. The summed E-state index contributed by atoms with van der Waals surface area (Å²) in [5.41, 5.74) is 12.3. The van der Waals surface area contributed by atoms with E-state index in [4.69, 9.17) is 22.6 Å². The van der Waals surface area contributed by atoms with Crippen LogP contribution in [-0.2, 0) is 16.8 Å². The molecule has 1 aliphatic carbocycles. The highest BCUT2D eigenvalue weighted by atomic mass is 32.2. The van der Waals surface area contributed by atoms with Crippen molar-refractivity contribution in [3.63, 3.8) is 0 Å². The number of carbonyl (C=O) groups is 1. The third kappa shape index (κ3) is 3.74. The summed E-state index contributed by atoms with van der Waals surface area (Å²) in [7, 11) is 0. The number of amidine groups is 1. The number of terminal acetylenes is 1. The molecule has 1 saturated carbocycles. The van der Waals surface area contributed by atoms with Crippen molar-refractivity contribution in [2.45, 2.75) is 30.1 Å². The normalized spacial score (nSPS) is 24.9. The van der Waals surface area contributed by atoms with Gasteiger partial charge in [0.25, 0.3) is 0 Å². The number of nitrogens with zero attached hydrogens (tertiary/aromatic N) is 4. The highest BCUT2D eigenvalue weighted by Crippen LogP contribution is 2.65. The van der Waals surface area contributed by atoms with Crippen molar-refractivity contribution >= 4 is 33.9 Å². The van der Waals surface area contributed by atoms with Crippen molar-refractivity contribution in [1.82, 2.24) is 15.0 Å². The second-order valence-electron chi connectivity index (χ2n) is 8.68. The number of ether oxygens (including phenoxy) is 1. The van der Waals surface area contributed by atoms with E-state index in [0.29, 0.717) is 34.5 Å². The fourth-order valence-corrected chi connectivity index (χ4v) is 6.05. The quantitative estimate of drug-likeness (QED) is 0.504. The Morgan fingerprint density at radius 2 is 2.11 bits per heavy atom. The molecule has 1 fully saturated rings. The smallest absolute Gasteiger partial charge is 0.234 e. The van der Waals surface area contributed by atoms with Crippen LogP contribution in [-0.4, -0.2) is 37.4 Å². The molecule has 1 aliphatic heterocycles. The lowest BCUT2D eigenvalue weighted by atomic mass is 9.84. The molecule has 8 nitrogen and oxygen atoms in total. The number of pyridine rings is 1. The summed E-state index contributed by atoms with van der Waals surface area (Å²) < 4.78 is 34.3. The lowest BCUT2D eigenvalue weighted by molar-refractivity contribution is -0.118. The summed E-state index contributed by atoms with van der Waals surface area (Å²) in [5, 5.41) is 0.110. The van der Waals surface area contributed by atoms with Gasteiger partial charge in [0.1, 0.15) is 28.9 Å². The van der Waals surface area contributed by atoms with Crippen LogP contribution >= 0.6 is 11.8 Å². The number of thioether (sulfide) groups is 1. The largest absolute Gasteiger partial charge is 0.479 e. The average Bonchev–Trinajstić information content (AvgIpc) is 3.57. The molecule has 3 aromatic rings. The molecule has 5 rings (SSSR count). The van der Waals surface area contributed by atoms with Crippen LogP contribution in [0.25, 0.3) is 11.0 Å². The molecular weight excluding hydrogens is 474 g/mol. The van der Waals surface area contributed by atoms with Crippen molar-refractivity contribution in [3.05, 3.63) is 59.2 Å². The van der Waals surface area contributed by atoms with Gasteiger partial charge in [-0.3, -0.25) is 9.79 Å². The molecule has 2 aromatic heterocycles. The third-order valence-electron chi connectivity index (χ3n) is 6.49. The fourth-order valence-electron chi connectivity index (χ4n) is 4.72. The molecule has 2 aliphatic rings. The van der Waals surface area contributed by atoms with Gasteiger partial charge in [0.2, 0.25) is 5.91 Å². The second kappa shape index (κ2) is 8.16. The molecular formula is C24H20F2N6O2S. The topological polar surface area (TPSA) is 129 Å². The summed E-state index contributed by atoms with van der Waals surface area (Å²) in [5.74, 6) is -0.188. The summed E-state index contributed by atoms with van der Waals surface area (Å²) in [6.45, 7) is 1.74. The number of aliphatic imine (C=N–C) groups is 1. The lowest BCUT2D eigenvalue weighted by Gasteiger charge is -2.33. The number of benzene rings is 1. The Morgan fingerprint density at radius 3 is 2.86 bits per heavy atom. The lowest BCUT2D eigenvalue weighted by Crippen LogP contribution is -2.42. The zero-order valence-electron chi connectivity index (χ0n) is 18.6. The fraction of sp³-hybridized carbons (Fsp3) is 0.292. The highest BCUT2D eigenvalue weighted by molar-refractivity contribution is 8.15. The van der Waals surface area contributed by atoms with E-state index in [2.05, 4.69) is 25.9 Å². The van der Waals surface area contributed by atoms with Gasteiger partial charge in [0.15, 0.2) is 16.8 Å². The molecule has 1 amide bonds. The Hall–Kier alpha value is -3.78. The molecule has 1 aromatic carbocycles.